The van der Waals surface area contributed by atoms with Gasteiger partial charge in [0.25, 0.3) is 0 Å². The molecule has 0 aliphatic rings. The van der Waals surface area contributed by atoms with Crippen molar-refractivity contribution in [2.24, 2.45) is 0 Å². The first kappa shape index (κ1) is 12.3. The van der Waals surface area contributed by atoms with Gasteiger partial charge in [-0.15, -0.1) is 0 Å². The van der Waals surface area contributed by atoms with Crippen molar-refractivity contribution in [1.29, 1.82) is 0 Å². The summed E-state index contributed by atoms with van der Waals surface area (Å²) in [6, 6.07) is 4.50. The van der Waals surface area contributed by atoms with Crippen LogP contribution in [0, 0.1) is 0 Å². The van der Waals surface area contributed by atoms with Gasteiger partial charge in [0.2, 0.25) is 0 Å². The number of thiocarbonyl (C=S) groups is 1. The van der Waals surface area contributed by atoms with Crippen LogP contribution in [0.25, 0.3) is 0 Å². The van der Waals surface area contributed by atoms with E-state index >= 15 is 0 Å². The third-order valence-electron chi connectivity index (χ3n) is 1.92. The second-order valence-corrected chi connectivity index (χ2v) is 3.33. The molecule has 0 aromatic heterocycles. The largest absolute Gasteiger partial charge is 0.495 e. The number of carbonyl (C=O) groups is 1. The Labute approximate surface area is 98.4 Å². The number of benzene rings is 1. The molecule has 3 N–H and O–H groups in total. The first-order chi connectivity index (χ1) is 7.58. The number of aromatic carboxylic acids is 1. The van der Waals surface area contributed by atoms with Gasteiger partial charge in [-0.2, -0.15) is 0 Å². The molecule has 0 fully saturated rings. The molecule has 0 spiro atoms. The summed E-state index contributed by atoms with van der Waals surface area (Å²) >= 11 is 4.93. The maximum absolute atomic E-state index is 10.8. The van der Waals surface area contributed by atoms with Crippen molar-refractivity contribution in [3.8, 4) is 5.75 Å². The second-order valence-electron chi connectivity index (χ2n) is 2.92. The Bertz CT molecular complexity index is 421. The van der Waals surface area contributed by atoms with Gasteiger partial charge in [0.15, 0.2) is 5.11 Å². The summed E-state index contributed by atoms with van der Waals surface area (Å²) in [5.74, 6) is -0.469. The molecule has 0 aliphatic carbocycles. The predicted molar refractivity (Wildman–Crippen MR) is 65.2 cm³/mol. The van der Waals surface area contributed by atoms with E-state index in [1.54, 1.807) is 13.1 Å². The van der Waals surface area contributed by atoms with Gasteiger partial charge >= 0.3 is 5.97 Å². The first-order valence-corrected chi connectivity index (χ1v) is 4.89. The maximum Gasteiger partial charge on any atom is 0.335 e. The predicted octanol–water partition coefficient (Wildman–Crippen LogP) is 1.31. The van der Waals surface area contributed by atoms with Gasteiger partial charge in [0.1, 0.15) is 5.75 Å². The molecule has 5 nitrogen and oxygen atoms in total. The summed E-state index contributed by atoms with van der Waals surface area (Å²) in [6.07, 6.45) is 0. The highest BCUT2D eigenvalue weighted by molar-refractivity contribution is 7.80. The van der Waals surface area contributed by atoms with Crippen LogP contribution in [0.2, 0.25) is 0 Å². The van der Waals surface area contributed by atoms with Gasteiger partial charge in [0.05, 0.1) is 18.4 Å². The zero-order valence-corrected chi connectivity index (χ0v) is 9.72. The number of rotatable bonds is 3. The summed E-state index contributed by atoms with van der Waals surface area (Å²) in [5, 5.41) is 14.8. The van der Waals surface area contributed by atoms with E-state index in [0.717, 1.165) is 0 Å². The van der Waals surface area contributed by atoms with Gasteiger partial charge < -0.3 is 20.5 Å². The van der Waals surface area contributed by atoms with E-state index in [-0.39, 0.29) is 5.56 Å². The standard InChI is InChI=1S/C10H12N2O3S/c1-11-10(16)12-7-5-6(9(13)14)3-4-8(7)15-2/h3-5H,1-2H3,(H,13,14)(H2,11,12,16). The van der Waals surface area contributed by atoms with Crippen molar-refractivity contribution in [2.45, 2.75) is 0 Å². The highest BCUT2D eigenvalue weighted by Gasteiger charge is 2.09. The third kappa shape index (κ3) is 2.83. The van der Waals surface area contributed by atoms with Crippen molar-refractivity contribution in [2.75, 3.05) is 19.5 Å². The fourth-order valence-electron chi connectivity index (χ4n) is 1.12. The second kappa shape index (κ2) is 5.32. The summed E-state index contributed by atoms with van der Waals surface area (Å²) in [6.45, 7) is 0. The fourth-order valence-corrected chi connectivity index (χ4v) is 1.23. The van der Waals surface area contributed by atoms with Crippen molar-refractivity contribution in [3.05, 3.63) is 23.8 Å². The van der Waals surface area contributed by atoms with Crippen LogP contribution in [0.3, 0.4) is 0 Å². The molecule has 1 aromatic carbocycles. The van der Waals surface area contributed by atoms with E-state index in [1.165, 1.54) is 19.2 Å². The maximum atomic E-state index is 10.8. The van der Waals surface area contributed by atoms with Crippen LogP contribution >= 0.6 is 12.2 Å². The molecule has 0 heterocycles. The van der Waals surface area contributed by atoms with E-state index in [1.807, 2.05) is 0 Å². The van der Waals surface area contributed by atoms with E-state index in [9.17, 15) is 4.79 Å². The molecular formula is C10H12N2O3S. The van der Waals surface area contributed by atoms with Gasteiger partial charge in [-0.3, -0.25) is 0 Å². The quantitative estimate of drug-likeness (QED) is 0.692. The van der Waals surface area contributed by atoms with E-state index in [0.29, 0.717) is 16.5 Å². The number of anilines is 1. The zero-order chi connectivity index (χ0) is 12.1. The van der Waals surface area contributed by atoms with E-state index < -0.39 is 5.97 Å². The lowest BCUT2D eigenvalue weighted by molar-refractivity contribution is 0.0697. The fraction of sp³-hybridized carbons (Fsp3) is 0.200. The molecule has 16 heavy (non-hydrogen) atoms. The molecule has 0 bridgehead atoms. The Morgan fingerprint density at radius 3 is 2.69 bits per heavy atom. The van der Waals surface area contributed by atoms with Crippen LogP contribution in [0.1, 0.15) is 10.4 Å². The van der Waals surface area contributed by atoms with Crippen molar-refractivity contribution in [3.63, 3.8) is 0 Å². The first-order valence-electron chi connectivity index (χ1n) is 4.48. The van der Waals surface area contributed by atoms with Gasteiger partial charge in [0, 0.05) is 7.05 Å². The van der Waals surface area contributed by atoms with Crippen LogP contribution in [-0.2, 0) is 0 Å². The molecular weight excluding hydrogens is 228 g/mol. The van der Waals surface area contributed by atoms with Gasteiger partial charge in [-0.1, -0.05) is 0 Å². The zero-order valence-electron chi connectivity index (χ0n) is 8.90. The monoisotopic (exact) mass is 240 g/mol. The number of carboxylic acids is 1. The molecule has 0 amide bonds. The molecule has 0 saturated heterocycles. The Kier molecular flexibility index (Phi) is 4.07. The average Bonchev–Trinajstić information content (AvgIpc) is 2.28. The van der Waals surface area contributed by atoms with Crippen molar-refractivity contribution in [1.82, 2.24) is 5.32 Å². The third-order valence-corrected chi connectivity index (χ3v) is 2.23. The van der Waals surface area contributed by atoms with Crippen molar-refractivity contribution < 1.29 is 14.6 Å². The molecule has 0 radical (unpaired) electrons. The average molecular weight is 240 g/mol. The Morgan fingerprint density at radius 1 is 1.50 bits per heavy atom. The number of hydrogen-bond donors (Lipinski definition) is 3. The minimum Gasteiger partial charge on any atom is -0.495 e. The minimum atomic E-state index is -0.999. The Balaban J connectivity index is 3.06. The highest BCUT2D eigenvalue weighted by atomic mass is 32.1. The molecule has 0 atom stereocenters. The topological polar surface area (TPSA) is 70.6 Å². The molecule has 1 aromatic rings. The molecule has 0 saturated carbocycles. The van der Waals surface area contributed by atoms with E-state index in [4.69, 9.17) is 22.1 Å². The minimum absolute atomic E-state index is 0.169. The molecule has 1 rings (SSSR count). The van der Waals surface area contributed by atoms with Crippen LogP contribution in [-0.4, -0.2) is 30.3 Å². The highest BCUT2D eigenvalue weighted by Crippen LogP contribution is 2.25. The molecule has 0 unspecified atom stereocenters. The van der Waals surface area contributed by atoms with Crippen molar-refractivity contribution >= 4 is 29.0 Å². The van der Waals surface area contributed by atoms with Crippen LogP contribution in [0.15, 0.2) is 18.2 Å². The Morgan fingerprint density at radius 2 is 2.19 bits per heavy atom. The number of methoxy groups -OCH3 is 1. The lowest BCUT2D eigenvalue weighted by Crippen LogP contribution is -2.24. The van der Waals surface area contributed by atoms with Crippen LogP contribution < -0.4 is 15.4 Å². The number of nitrogens with one attached hydrogen (secondary N) is 2. The number of carboxylic acid groups (broad SMARTS) is 1. The normalized spacial score (nSPS) is 9.38. The summed E-state index contributed by atoms with van der Waals surface area (Å²) < 4.78 is 5.08. The lowest BCUT2D eigenvalue weighted by atomic mass is 10.2. The van der Waals surface area contributed by atoms with Gasteiger partial charge in [-0.05, 0) is 30.4 Å². The SMILES string of the molecule is CNC(=S)Nc1cc(C(=O)O)ccc1OC. The van der Waals surface area contributed by atoms with Gasteiger partial charge in [-0.25, -0.2) is 4.79 Å². The molecule has 86 valence electrons. The smallest absolute Gasteiger partial charge is 0.335 e. The van der Waals surface area contributed by atoms with E-state index in [2.05, 4.69) is 10.6 Å². The lowest BCUT2D eigenvalue weighted by Gasteiger charge is -2.12. The Hall–Kier alpha value is -1.82. The van der Waals surface area contributed by atoms with Crippen LogP contribution in [0.4, 0.5) is 5.69 Å². The number of hydrogen-bond acceptors (Lipinski definition) is 3. The number of ether oxygens (including phenoxy) is 1. The molecule has 0 aliphatic heterocycles. The van der Waals surface area contributed by atoms with Crippen LogP contribution in [0.5, 0.6) is 5.75 Å². The molecule has 6 heteroatoms. The summed E-state index contributed by atoms with van der Waals surface area (Å²) in [7, 11) is 3.17. The summed E-state index contributed by atoms with van der Waals surface area (Å²) in [4.78, 5) is 10.8. The summed E-state index contributed by atoms with van der Waals surface area (Å²) in [5.41, 5.74) is 0.684.